The Bertz CT molecular complexity index is 549. The van der Waals surface area contributed by atoms with E-state index in [-0.39, 0.29) is 12.5 Å². The van der Waals surface area contributed by atoms with E-state index >= 15 is 0 Å². The van der Waals surface area contributed by atoms with Gasteiger partial charge < -0.3 is 15.7 Å². The molecule has 2 fully saturated rings. The highest BCUT2D eigenvalue weighted by atomic mass is 35.5. The molecule has 2 bridgehead atoms. The second-order valence-corrected chi connectivity index (χ2v) is 7.57. The molecule has 2 aliphatic rings. The highest BCUT2D eigenvalue weighted by Crippen LogP contribution is 2.32. The zero-order chi connectivity index (χ0) is 16.4. The third-order valence-corrected chi connectivity index (χ3v) is 5.24. The van der Waals surface area contributed by atoms with Crippen LogP contribution in [-0.2, 0) is 4.79 Å². The van der Waals surface area contributed by atoms with Crippen molar-refractivity contribution in [2.24, 2.45) is 5.92 Å². The van der Waals surface area contributed by atoms with Crippen molar-refractivity contribution in [1.82, 2.24) is 10.6 Å². The van der Waals surface area contributed by atoms with Crippen LogP contribution in [0.15, 0.2) is 18.2 Å². The number of piperidine rings is 1. The number of nitrogens with one attached hydrogen (secondary N) is 2. The van der Waals surface area contributed by atoms with E-state index in [1.165, 1.54) is 12.8 Å². The summed E-state index contributed by atoms with van der Waals surface area (Å²) in [6, 6.07) is 6.11. The van der Waals surface area contributed by atoms with Gasteiger partial charge in [-0.25, -0.2) is 0 Å². The molecular formula is C17H22Cl2N2O2. The minimum Gasteiger partial charge on any atom is -0.387 e. The largest absolute Gasteiger partial charge is 0.387 e. The van der Waals surface area contributed by atoms with Crippen molar-refractivity contribution in [2.45, 2.75) is 50.3 Å². The van der Waals surface area contributed by atoms with Gasteiger partial charge in [0.05, 0.1) is 6.10 Å². The Kier molecular flexibility index (Phi) is 5.47. The first-order chi connectivity index (χ1) is 11.0. The predicted octanol–water partition coefficient (Wildman–Crippen LogP) is 3.06. The standard InChI is InChI=1S/C17H22Cl2N2O2/c18-12-6-11(7-13(19)8-12)16(22)9-20-17(23)5-10-3-14-1-2-15(4-10)21-14/h6-8,10,14-16,21-22H,1-5,9H2,(H,20,23). The number of halogens is 2. The SMILES string of the molecule is O=C(CC1CC2CCC(C1)N2)NCC(O)c1cc(Cl)cc(Cl)c1. The van der Waals surface area contributed by atoms with Gasteiger partial charge in [0.1, 0.15) is 0 Å². The van der Waals surface area contributed by atoms with Crippen LogP contribution in [0.4, 0.5) is 0 Å². The third kappa shape index (κ3) is 4.60. The summed E-state index contributed by atoms with van der Waals surface area (Å²) in [5.41, 5.74) is 0.614. The van der Waals surface area contributed by atoms with E-state index in [2.05, 4.69) is 10.6 Å². The molecule has 0 saturated carbocycles. The first kappa shape index (κ1) is 17.0. The van der Waals surface area contributed by atoms with E-state index < -0.39 is 6.10 Å². The summed E-state index contributed by atoms with van der Waals surface area (Å²) in [5.74, 6) is 0.454. The maximum atomic E-state index is 12.1. The lowest BCUT2D eigenvalue weighted by atomic mass is 9.89. The Morgan fingerprint density at radius 2 is 1.83 bits per heavy atom. The number of fused-ring (bicyclic) bond motifs is 2. The molecule has 2 aliphatic heterocycles. The number of rotatable bonds is 5. The van der Waals surface area contributed by atoms with Gasteiger partial charge in [0, 0.05) is 35.1 Å². The first-order valence-corrected chi connectivity index (χ1v) is 8.92. The van der Waals surface area contributed by atoms with E-state index in [9.17, 15) is 9.90 Å². The maximum Gasteiger partial charge on any atom is 0.220 e. The van der Waals surface area contributed by atoms with Crippen molar-refractivity contribution < 1.29 is 9.90 Å². The Balaban J connectivity index is 1.46. The highest BCUT2D eigenvalue weighted by molar-refractivity contribution is 6.34. The van der Waals surface area contributed by atoms with Crippen LogP contribution >= 0.6 is 23.2 Å². The number of carbonyl (C=O) groups excluding carboxylic acids is 1. The van der Waals surface area contributed by atoms with Crippen LogP contribution in [0.1, 0.15) is 43.8 Å². The lowest BCUT2D eigenvalue weighted by molar-refractivity contribution is -0.122. The molecule has 3 N–H and O–H groups in total. The van der Waals surface area contributed by atoms with E-state index in [1.54, 1.807) is 18.2 Å². The Morgan fingerprint density at radius 3 is 2.43 bits per heavy atom. The van der Waals surface area contributed by atoms with Crippen molar-refractivity contribution in [3.63, 3.8) is 0 Å². The van der Waals surface area contributed by atoms with Crippen molar-refractivity contribution in [1.29, 1.82) is 0 Å². The molecule has 3 atom stereocenters. The van der Waals surface area contributed by atoms with Crippen molar-refractivity contribution >= 4 is 29.1 Å². The molecule has 3 rings (SSSR count). The smallest absolute Gasteiger partial charge is 0.220 e. The average Bonchev–Trinajstić information content (AvgIpc) is 2.82. The molecule has 2 heterocycles. The van der Waals surface area contributed by atoms with Gasteiger partial charge in [-0.15, -0.1) is 0 Å². The van der Waals surface area contributed by atoms with Crippen LogP contribution in [0.2, 0.25) is 10.0 Å². The highest BCUT2D eigenvalue weighted by Gasteiger charge is 2.34. The van der Waals surface area contributed by atoms with Crippen molar-refractivity contribution in [3.8, 4) is 0 Å². The van der Waals surface area contributed by atoms with E-state index in [4.69, 9.17) is 23.2 Å². The molecular weight excluding hydrogens is 335 g/mol. The fourth-order valence-corrected chi connectivity index (χ4v) is 4.31. The molecule has 0 radical (unpaired) electrons. The molecule has 3 unspecified atom stereocenters. The number of hydrogen-bond donors (Lipinski definition) is 3. The molecule has 1 aromatic rings. The van der Waals surface area contributed by atoms with Crippen LogP contribution in [0.5, 0.6) is 0 Å². The second-order valence-electron chi connectivity index (χ2n) is 6.70. The number of carbonyl (C=O) groups is 1. The molecule has 126 valence electrons. The first-order valence-electron chi connectivity index (χ1n) is 8.16. The predicted molar refractivity (Wildman–Crippen MR) is 91.7 cm³/mol. The summed E-state index contributed by atoms with van der Waals surface area (Å²) in [5, 5.41) is 17.5. The van der Waals surface area contributed by atoms with E-state index in [0.29, 0.717) is 40.0 Å². The van der Waals surface area contributed by atoms with E-state index in [1.807, 2.05) is 0 Å². The van der Waals surface area contributed by atoms with Gasteiger partial charge in [-0.3, -0.25) is 4.79 Å². The summed E-state index contributed by atoms with van der Waals surface area (Å²) in [7, 11) is 0. The Morgan fingerprint density at radius 1 is 1.22 bits per heavy atom. The number of benzene rings is 1. The molecule has 0 spiro atoms. The van der Waals surface area contributed by atoms with Crippen LogP contribution < -0.4 is 10.6 Å². The molecule has 2 saturated heterocycles. The maximum absolute atomic E-state index is 12.1. The quantitative estimate of drug-likeness (QED) is 0.759. The molecule has 1 aromatic carbocycles. The lowest BCUT2D eigenvalue weighted by Gasteiger charge is -2.28. The van der Waals surface area contributed by atoms with Gasteiger partial charge in [-0.2, -0.15) is 0 Å². The fourth-order valence-electron chi connectivity index (χ4n) is 3.77. The monoisotopic (exact) mass is 356 g/mol. The summed E-state index contributed by atoms with van der Waals surface area (Å²) >= 11 is 11.9. The zero-order valence-corrected chi connectivity index (χ0v) is 14.4. The summed E-state index contributed by atoms with van der Waals surface area (Å²) in [6.45, 7) is 0.174. The van der Waals surface area contributed by atoms with E-state index in [0.717, 1.165) is 12.8 Å². The van der Waals surface area contributed by atoms with Gasteiger partial charge in [-0.1, -0.05) is 23.2 Å². The minimum atomic E-state index is -0.806. The van der Waals surface area contributed by atoms with Crippen LogP contribution in [0.3, 0.4) is 0 Å². The van der Waals surface area contributed by atoms with Crippen LogP contribution in [-0.4, -0.2) is 29.6 Å². The molecule has 6 heteroatoms. The fraction of sp³-hybridized carbons (Fsp3) is 0.588. The van der Waals surface area contributed by atoms with Crippen LogP contribution in [0.25, 0.3) is 0 Å². The average molecular weight is 357 g/mol. The molecule has 0 aromatic heterocycles. The van der Waals surface area contributed by atoms with Crippen molar-refractivity contribution in [3.05, 3.63) is 33.8 Å². The number of aliphatic hydroxyl groups is 1. The summed E-state index contributed by atoms with van der Waals surface area (Å²) in [6.07, 6.45) is 4.36. The Hall–Kier alpha value is -0.810. The molecule has 1 amide bonds. The topological polar surface area (TPSA) is 61.4 Å². The normalized spacial score (nSPS) is 27.7. The molecule has 23 heavy (non-hydrogen) atoms. The van der Waals surface area contributed by atoms with Gasteiger partial charge in [0.2, 0.25) is 5.91 Å². The number of aliphatic hydroxyl groups excluding tert-OH is 1. The van der Waals surface area contributed by atoms with Gasteiger partial charge in [0.25, 0.3) is 0 Å². The molecule has 0 aliphatic carbocycles. The van der Waals surface area contributed by atoms with Crippen LogP contribution in [0, 0.1) is 5.92 Å². The minimum absolute atomic E-state index is 0.00322. The second kappa shape index (κ2) is 7.39. The summed E-state index contributed by atoms with van der Waals surface area (Å²) in [4.78, 5) is 12.1. The Labute approximate surface area is 146 Å². The lowest BCUT2D eigenvalue weighted by Crippen LogP contribution is -2.40. The van der Waals surface area contributed by atoms with Crippen molar-refractivity contribution in [2.75, 3.05) is 6.54 Å². The van der Waals surface area contributed by atoms with Gasteiger partial charge >= 0.3 is 0 Å². The number of amides is 1. The summed E-state index contributed by atoms with van der Waals surface area (Å²) < 4.78 is 0. The van der Waals surface area contributed by atoms with Gasteiger partial charge in [0.15, 0.2) is 0 Å². The number of hydrogen-bond acceptors (Lipinski definition) is 3. The third-order valence-electron chi connectivity index (χ3n) is 4.81. The van der Waals surface area contributed by atoms with Gasteiger partial charge in [-0.05, 0) is 55.4 Å². The molecule has 4 nitrogen and oxygen atoms in total. The zero-order valence-electron chi connectivity index (χ0n) is 12.9.